The Morgan fingerprint density at radius 1 is 1.35 bits per heavy atom. The van der Waals surface area contributed by atoms with E-state index < -0.39 is 0 Å². The van der Waals surface area contributed by atoms with Crippen molar-refractivity contribution < 1.29 is 9.53 Å². The third-order valence-electron chi connectivity index (χ3n) is 3.30. The van der Waals surface area contributed by atoms with Crippen molar-refractivity contribution in [2.24, 2.45) is 0 Å². The van der Waals surface area contributed by atoms with E-state index in [0.717, 1.165) is 19.5 Å². The van der Waals surface area contributed by atoms with Crippen LogP contribution in [-0.2, 0) is 4.79 Å². The number of hydrogen-bond donors (Lipinski definition) is 1. The Balaban J connectivity index is 1.94. The highest BCUT2D eigenvalue weighted by molar-refractivity contribution is 6.43. The second kappa shape index (κ2) is 6.85. The zero-order valence-electron chi connectivity index (χ0n) is 11.0. The van der Waals surface area contributed by atoms with Crippen LogP contribution in [-0.4, -0.2) is 43.6 Å². The van der Waals surface area contributed by atoms with Crippen molar-refractivity contribution >= 4 is 40.7 Å². The van der Waals surface area contributed by atoms with Gasteiger partial charge in [-0.2, -0.15) is 0 Å². The van der Waals surface area contributed by atoms with E-state index in [0.29, 0.717) is 20.8 Å². The molecule has 7 heteroatoms. The molecule has 1 aliphatic rings. The molecule has 1 amide bonds. The minimum Gasteiger partial charge on any atom is -0.482 e. The van der Waals surface area contributed by atoms with E-state index in [2.05, 4.69) is 5.32 Å². The molecule has 20 heavy (non-hydrogen) atoms. The van der Waals surface area contributed by atoms with Crippen molar-refractivity contribution in [1.29, 1.82) is 0 Å². The van der Waals surface area contributed by atoms with Crippen LogP contribution in [0.5, 0.6) is 5.75 Å². The van der Waals surface area contributed by atoms with Crippen molar-refractivity contribution in [3.05, 3.63) is 27.2 Å². The number of benzene rings is 1. The number of nitrogens with one attached hydrogen (secondary N) is 1. The molecule has 0 spiro atoms. The first-order valence-electron chi connectivity index (χ1n) is 6.22. The van der Waals surface area contributed by atoms with Gasteiger partial charge in [-0.3, -0.25) is 4.79 Å². The topological polar surface area (TPSA) is 41.6 Å². The predicted octanol–water partition coefficient (Wildman–Crippen LogP) is 2.85. The normalized spacial score (nSPS) is 18.1. The van der Waals surface area contributed by atoms with Crippen LogP contribution in [0, 0.1) is 0 Å². The van der Waals surface area contributed by atoms with Crippen molar-refractivity contribution in [2.75, 3.05) is 26.7 Å². The Kier molecular flexibility index (Phi) is 5.38. The Hall–Kier alpha value is -0.680. The standard InChI is InChI=1S/C13H15Cl3N2O2/c1-18(8-2-3-17-6-8)13(19)7-20-12-5-10(15)9(14)4-11(12)16/h4-5,8,17H,2-3,6-7H2,1H3. The van der Waals surface area contributed by atoms with Gasteiger partial charge in [-0.25, -0.2) is 0 Å². The third-order valence-corrected chi connectivity index (χ3v) is 4.32. The number of halogens is 3. The van der Waals surface area contributed by atoms with E-state index in [1.165, 1.54) is 12.1 Å². The van der Waals surface area contributed by atoms with Gasteiger partial charge in [0.05, 0.1) is 15.1 Å². The molecule has 1 aromatic carbocycles. The average Bonchev–Trinajstić information content (AvgIpc) is 2.94. The highest BCUT2D eigenvalue weighted by Crippen LogP contribution is 2.33. The van der Waals surface area contributed by atoms with E-state index in [1.807, 2.05) is 0 Å². The van der Waals surface area contributed by atoms with E-state index >= 15 is 0 Å². The number of hydrogen-bond acceptors (Lipinski definition) is 3. The molecular formula is C13H15Cl3N2O2. The quantitative estimate of drug-likeness (QED) is 0.859. The summed E-state index contributed by atoms with van der Waals surface area (Å²) in [5.74, 6) is 0.258. The van der Waals surface area contributed by atoms with Gasteiger partial charge in [0.25, 0.3) is 5.91 Å². The van der Waals surface area contributed by atoms with E-state index in [1.54, 1.807) is 11.9 Å². The molecule has 2 rings (SSSR count). The first kappa shape index (κ1) is 15.7. The minimum absolute atomic E-state index is 0.0787. The van der Waals surface area contributed by atoms with Crippen LogP contribution in [0.1, 0.15) is 6.42 Å². The zero-order chi connectivity index (χ0) is 14.7. The van der Waals surface area contributed by atoms with Gasteiger partial charge in [0, 0.05) is 25.7 Å². The maximum atomic E-state index is 12.0. The second-order valence-corrected chi connectivity index (χ2v) is 5.86. The van der Waals surface area contributed by atoms with Crippen LogP contribution in [0.25, 0.3) is 0 Å². The summed E-state index contributed by atoms with van der Waals surface area (Å²) in [5.41, 5.74) is 0. The van der Waals surface area contributed by atoms with Crippen molar-refractivity contribution in [2.45, 2.75) is 12.5 Å². The number of carbonyl (C=O) groups excluding carboxylic acids is 1. The van der Waals surface area contributed by atoms with Crippen LogP contribution < -0.4 is 10.1 Å². The summed E-state index contributed by atoms with van der Waals surface area (Å²) in [6.45, 7) is 1.67. The molecule has 1 unspecified atom stereocenters. The molecule has 0 aliphatic carbocycles. The second-order valence-electron chi connectivity index (χ2n) is 4.64. The number of nitrogens with zero attached hydrogens (tertiary/aromatic N) is 1. The van der Waals surface area contributed by atoms with Crippen molar-refractivity contribution in [1.82, 2.24) is 10.2 Å². The monoisotopic (exact) mass is 336 g/mol. The third kappa shape index (κ3) is 3.70. The fraction of sp³-hybridized carbons (Fsp3) is 0.462. The zero-order valence-corrected chi connectivity index (χ0v) is 13.2. The average molecular weight is 338 g/mol. The Morgan fingerprint density at radius 3 is 2.70 bits per heavy atom. The van der Waals surface area contributed by atoms with Crippen LogP contribution in [0.3, 0.4) is 0 Å². The summed E-state index contributed by atoms with van der Waals surface area (Å²) >= 11 is 17.7. The SMILES string of the molecule is CN(C(=O)COc1cc(Cl)c(Cl)cc1Cl)C1CCNC1. The van der Waals surface area contributed by atoms with Gasteiger partial charge in [0.1, 0.15) is 5.75 Å². The number of rotatable bonds is 4. The summed E-state index contributed by atoms with van der Waals surface area (Å²) in [7, 11) is 1.78. The molecule has 0 bridgehead atoms. The summed E-state index contributed by atoms with van der Waals surface area (Å²) < 4.78 is 5.43. The summed E-state index contributed by atoms with van der Waals surface area (Å²) in [6.07, 6.45) is 0.954. The Labute approximate surface area is 132 Å². The molecule has 1 fully saturated rings. The van der Waals surface area contributed by atoms with E-state index in [4.69, 9.17) is 39.5 Å². The maximum Gasteiger partial charge on any atom is 0.260 e. The number of carbonyl (C=O) groups is 1. The molecule has 0 aromatic heterocycles. The van der Waals surface area contributed by atoms with Crippen molar-refractivity contribution in [3.63, 3.8) is 0 Å². The lowest BCUT2D eigenvalue weighted by atomic mass is 10.2. The molecule has 1 aliphatic heterocycles. The smallest absolute Gasteiger partial charge is 0.260 e. The first-order valence-corrected chi connectivity index (χ1v) is 7.36. The number of amides is 1. The van der Waals surface area contributed by atoms with Gasteiger partial charge in [-0.15, -0.1) is 0 Å². The highest BCUT2D eigenvalue weighted by Gasteiger charge is 2.23. The van der Waals surface area contributed by atoms with E-state index in [9.17, 15) is 4.79 Å². The molecule has 1 aromatic rings. The lowest BCUT2D eigenvalue weighted by Crippen LogP contribution is -2.40. The summed E-state index contributed by atoms with van der Waals surface area (Å²) in [4.78, 5) is 13.7. The summed E-state index contributed by atoms with van der Waals surface area (Å²) in [6, 6.07) is 3.22. The molecule has 1 heterocycles. The Bertz CT molecular complexity index is 505. The maximum absolute atomic E-state index is 12.0. The lowest BCUT2D eigenvalue weighted by Gasteiger charge is -2.23. The van der Waals surface area contributed by atoms with Crippen LogP contribution in [0.15, 0.2) is 12.1 Å². The van der Waals surface area contributed by atoms with E-state index in [-0.39, 0.29) is 18.6 Å². The van der Waals surface area contributed by atoms with Gasteiger partial charge < -0.3 is 15.0 Å². The van der Waals surface area contributed by atoms with Crippen LogP contribution >= 0.6 is 34.8 Å². The minimum atomic E-state index is -0.0964. The molecular weight excluding hydrogens is 323 g/mol. The molecule has 0 radical (unpaired) electrons. The fourth-order valence-corrected chi connectivity index (χ4v) is 2.62. The molecule has 1 atom stereocenters. The molecule has 1 saturated heterocycles. The van der Waals surface area contributed by atoms with Crippen molar-refractivity contribution in [3.8, 4) is 5.75 Å². The molecule has 0 saturated carbocycles. The van der Waals surface area contributed by atoms with Crippen LogP contribution in [0.4, 0.5) is 0 Å². The van der Waals surface area contributed by atoms with Gasteiger partial charge >= 0.3 is 0 Å². The number of ether oxygens (including phenoxy) is 1. The molecule has 110 valence electrons. The number of likely N-dealkylation sites (N-methyl/N-ethyl adjacent to an activating group) is 1. The highest BCUT2D eigenvalue weighted by atomic mass is 35.5. The van der Waals surface area contributed by atoms with Crippen LogP contribution in [0.2, 0.25) is 15.1 Å². The van der Waals surface area contributed by atoms with Gasteiger partial charge in [-0.1, -0.05) is 34.8 Å². The Morgan fingerprint density at radius 2 is 2.05 bits per heavy atom. The molecule has 1 N–H and O–H groups in total. The predicted molar refractivity (Wildman–Crippen MR) is 81.0 cm³/mol. The largest absolute Gasteiger partial charge is 0.482 e. The summed E-state index contributed by atoms with van der Waals surface area (Å²) in [5, 5.41) is 4.24. The van der Waals surface area contributed by atoms with Gasteiger partial charge in [0.15, 0.2) is 6.61 Å². The van der Waals surface area contributed by atoms with Gasteiger partial charge in [0.2, 0.25) is 0 Å². The van der Waals surface area contributed by atoms with Gasteiger partial charge in [-0.05, 0) is 19.0 Å². The lowest BCUT2D eigenvalue weighted by molar-refractivity contribution is -0.133. The molecule has 4 nitrogen and oxygen atoms in total. The fourth-order valence-electron chi connectivity index (χ4n) is 2.03. The first-order chi connectivity index (χ1) is 9.49.